The summed E-state index contributed by atoms with van der Waals surface area (Å²) in [6, 6.07) is 17.2. The first-order chi connectivity index (χ1) is 10.7. The quantitative estimate of drug-likeness (QED) is 0.861. The molecule has 0 heterocycles. The predicted molar refractivity (Wildman–Crippen MR) is 87.8 cm³/mol. The van der Waals surface area contributed by atoms with Gasteiger partial charge in [0.25, 0.3) is 0 Å². The number of ether oxygens (including phenoxy) is 1. The largest absolute Gasteiger partial charge is 0.497 e. The molecule has 0 radical (unpaired) electrons. The second-order valence-corrected chi connectivity index (χ2v) is 5.21. The normalized spacial score (nSPS) is 13.2. The summed E-state index contributed by atoms with van der Waals surface area (Å²) in [5.41, 5.74) is 7.71. The summed E-state index contributed by atoms with van der Waals surface area (Å²) in [5.74, 6) is 0.371. The summed E-state index contributed by atoms with van der Waals surface area (Å²) < 4.78 is 5.22. The van der Waals surface area contributed by atoms with Gasteiger partial charge in [-0.2, -0.15) is 0 Å². The zero-order valence-electron chi connectivity index (χ0n) is 13.0. The standard InChI is InChI=1S/C18H22N2O2/c1-13(15-9-6-10-16(11-15)22-2)20-18(21)17(12-19)14-7-4-3-5-8-14/h3-11,13,17H,12,19H2,1-2H3,(H,20,21). The van der Waals surface area contributed by atoms with E-state index in [1.807, 2.05) is 61.5 Å². The third kappa shape index (κ3) is 3.86. The van der Waals surface area contributed by atoms with Crippen LogP contribution in [0.25, 0.3) is 0 Å². The van der Waals surface area contributed by atoms with Crippen LogP contribution in [0.15, 0.2) is 54.6 Å². The van der Waals surface area contributed by atoms with E-state index in [9.17, 15) is 4.79 Å². The van der Waals surface area contributed by atoms with Crippen LogP contribution in [0.5, 0.6) is 5.75 Å². The maximum atomic E-state index is 12.5. The van der Waals surface area contributed by atoms with Gasteiger partial charge in [0.2, 0.25) is 5.91 Å². The average molecular weight is 298 g/mol. The Hall–Kier alpha value is -2.33. The van der Waals surface area contributed by atoms with E-state index in [0.29, 0.717) is 0 Å². The third-order valence-electron chi connectivity index (χ3n) is 3.71. The van der Waals surface area contributed by atoms with Crippen molar-refractivity contribution >= 4 is 5.91 Å². The smallest absolute Gasteiger partial charge is 0.229 e. The van der Waals surface area contributed by atoms with Crippen LogP contribution in [-0.2, 0) is 4.79 Å². The fourth-order valence-corrected chi connectivity index (χ4v) is 2.39. The Morgan fingerprint density at radius 2 is 1.82 bits per heavy atom. The minimum absolute atomic E-state index is 0.0657. The lowest BCUT2D eigenvalue weighted by Gasteiger charge is -2.20. The van der Waals surface area contributed by atoms with Crippen molar-refractivity contribution in [2.24, 2.45) is 5.73 Å². The topological polar surface area (TPSA) is 64.3 Å². The van der Waals surface area contributed by atoms with Crippen molar-refractivity contribution in [2.75, 3.05) is 13.7 Å². The van der Waals surface area contributed by atoms with Gasteiger partial charge in [-0.15, -0.1) is 0 Å². The van der Waals surface area contributed by atoms with Gasteiger partial charge in [-0.05, 0) is 30.2 Å². The van der Waals surface area contributed by atoms with Gasteiger partial charge in [0, 0.05) is 6.54 Å². The molecule has 0 bridgehead atoms. The summed E-state index contributed by atoms with van der Waals surface area (Å²) in [6.07, 6.45) is 0. The first-order valence-corrected chi connectivity index (χ1v) is 7.35. The third-order valence-corrected chi connectivity index (χ3v) is 3.71. The van der Waals surface area contributed by atoms with Crippen molar-refractivity contribution in [3.63, 3.8) is 0 Å². The maximum Gasteiger partial charge on any atom is 0.229 e. The molecule has 0 aliphatic rings. The molecule has 0 fully saturated rings. The molecule has 2 aromatic carbocycles. The molecular weight excluding hydrogens is 276 g/mol. The van der Waals surface area contributed by atoms with Gasteiger partial charge in [0.05, 0.1) is 19.1 Å². The molecule has 4 heteroatoms. The molecule has 4 nitrogen and oxygen atoms in total. The molecule has 2 atom stereocenters. The van der Waals surface area contributed by atoms with E-state index in [1.54, 1.807) is 7.11 Å². The van der Waals surface area contributed by atoms with Crippen molar-refractivity contribution in [3.05, 3.63) is 65.7 Å². The number of benzene rings is 2. The number of carbonyl (C=O) groups is 1. The van der Waals surface area contributed by atoms with Gasteiger partial charge in [-0.25, -0.2) is 0 Å². The van der Waals surface area contributed by atoms with Gasteiger partial charge in [0.1, 0.15) is 5.75 Å². The molecule has 116 valence electrons. The highest BCUT2D eigenvalue weighted by Gasteiger charge is 2.20. The summed E-state index contributed by atoms with van der Waals surface area (Å²) in [5, 5.41) is 3.02. The molecule has 0 aliphatic heterocycles. The molecule has 3 N–H and O–H groups in total. The zero-order chi connectivity index (χ0) is 15.9. The van der Waals surface area contributed by atoms with Crippen LogP contribution >= 0.6 is 0 Å². The molecule has 22 heavy (non-hydrogen) atoms. The van der Waals surface area contributed by atoms with E-state index in [0.717, 1.165) is 16.9 Å². The van der Waals surface area contributed by atoms with E-state index < -0.39 is 0 Å². The van der Waals surface area contributed by atoms with Crippen LogP contribution in [0.2, 0.25) is 0 Å². The van der Waals surface area contributed by atoms with Gasteiger partial charge in [-0.1, -0.05) is 42.5 Å². The predicted octanol–water partition coefficient (Wildman–Crippen LogP) is 2.61. The van der Waals surface area contributed by atoms with Gasteiger partial charge in [-0.3, -0.25) is 4.79 Å². The highest BCUT2D eigenvalue weighted by Crippen LogP contribution is 2.21. The Morgan fingerprint density at radius 1 is 1.14 bits per heavy atom. The zero-order valence-corrected chi connectivity index (χ0v) is 13.0. The van der Waals surface area contributed by atoms with Crippen LogP contribution in [0, 0.1) is 0 Å². The SMILES string of the molecule is COc1cccc(C(C)NC(=O)C(CN)c2ccccc2)c1. The van der Waals surface area contributed by atoms with Crippen LogP contribution in [0.3, 0.4) is 0 Å². The van der Waals surface area contributed by atoms with Crippen molar-refractivity contribution in [1.82, 2.24) is 5.32 Å². The second-order valence-electron chi connectivity index (χ2n) is 5.21. The molecule has 0 saturated carbocycles. The van der Waals surface area contributed by atoms with Crippen LogP contribution in [0.4, 0.5) is 0 Å². The highest BCUT2D eigenvalue weighted by atomic mass is 16.5. The monoisotopic (exact) mass is 298 g/mol. The molecule has 2 rings (SSSR count). The summed E-state index contributed by atoms with van der Waals surface area (Å²) in [7, 11) is 1.63. The molecule has 0 spiro atoms. The number of nitrogens with two attached hydrogens (primary N) is 1. The van der Waals surface area contributed by atoms with E-state index in [-0.39, 0.29) is 24.4 Å². The van der Waals surface area contributed by atoms with E-state index >= 15 is 0 Å². The Labute approximate surface area is 131 Å². The molecule has 0 saturated heterocycles. The maximum absolute atomic E-state index is 12.5. The van der Waals surface area contributed by atoms with Crippen LogP contribution < -0.4 is 15.8 Å². The summed E-state index contributed by atoms with van der Waals surface area (Å²) in [6.45, 7) is 2.23. The van der Waals surface area contributed by atoms with E-state index in [1.165, 1.54) is 0 Å². The Bertz CT molecular complexity index is 613. The Morgan fingerprint density at radius 3 is 2.45 bits per heavy atom. The number of methoxy groups -OCH3 is 1. The van der Waals surface area contributed by atoms with Gasteiger partial charge >= 0.3 is 0 Å². The van der Waals surface area contributed by atoms with E-state index in [2.05, 4.69) is 5.32 Å². The Kier molecular flexibility index (Phi) is 5.55. The van der Waals surface area contributed by atoms with Crippen LogP contribution in [0.1, 0.15) is 30.0 Å². The number of hydrogen-bond acceptors (Lipinski definition) is 3. The lowest BCUT2D eigenvalue weighted by molar-refractivity contribution is -0.123. The molecule has 0 aromatic heterocycles. The first kappa shape index (κ1) is 16.0. The van der Waals surface area contributed by atoms with Gasteiger partial charge < -0.3 is 15.8 Å². The lowest BCUT2D eigenvalue weighted by atomic mass is 9.97. The van der Waals surface area contributed by atoms with Crippen LogP contribution in [-0.4, -0.2) is 19.6 Å². The first-order valence-electron chi connectivity index (χ1n) is 7.35. The lowest BCUT2D eigenvalue weighted by Crippen LogP contribution is -2.35. The second kappa shape index (κ2) is 7.61. The summed E-state index contributed by atoms with van der Waals surface area (Å²) in [4.78, 5) is 12.5. The fraction of sp³-hybridized carbons (Fsp3) is 0.278. The molecule has 1 amide bonds. The summed E-state index contributed by atoms with van der Waals surface area (Å²) >= 11 is 0. The van der Waals surface area contributed by atoms with Crippen molar-refractivity contribution in [2.45, 2.75) is 18.9 Å². The minimum Gasteiger partial charge on any atom is -0.497 e. The number of carbonyl (C=O) groups excluding carboxylic acids is 1. The average Bonchev–Trinajstić information content (AvgIpc) is 2.56. The molecular formula is C18H22N2O2. The van der Waals surface area contributed by atoms with E-state index in [4.69, 9.17) is 10.5 Å². The number of amides is 1. The highest BCUT2D eigenvalue weighted by molar-refractivity contribution is 5.84. The molecule has 2 aromatic rings. The fourth-order valence-electron chi connectivity index (χ4n) is 2.39. The molecule has 0 aliphatic carbocycles. The number of nitrogens with one attached hydrogen (secondary N) is 1. The molecule has 2 unspecified atom stereocenters. The van der Waals surface area contributed by atoms with Crippen molar-refractivity contribution in [1.29, 1.82) is 0 Å². The number of hydrogen-bond donors (Lipinski definition) is 2. The van der Waals surface area contributed by atoms with Gasteiger partial charge in [0.15, 0.2) is 0 Å². The van der Waals surface area contributed by atoms with Crippen molar-refractivity contribution in [3.8, 4) is 5.75 Å². The van der Waals surface area contributed by atoms with Crippen molar-refractivity contribution < 1.29 is 9.53 Å². The minimum atomic E-state index is -0.339. The number of rotatable bonds is 6. The Balaban J connectivity index is 2.09.